The Hall–Kier alpha value is -2.67. The number of amides is 1. The number of hydrogen-bond acceptors (Lipinski definition) is 4. The second-order valence-corrected chi connectivity index (χ2v) is 7.19. The maximum atomic E-state index is 13.8. The molecule has 1 heterocycles. The number of nitrogens with one attached hydrogen (secondary N) is 1. The van der Waals surface area contributed by atoms with Crippen molar-refractivity contribution in [1.82, 2.24) is 20.1 Å². The minimum atomic E-state index is -0.369. The molecule has 0 aliphatic carbocycles. The average Bonchev–Trinajstić information content (AvgIpc) is 3.10. The molecule has 0 aliphatic rings. The first-order valence-corrected chi connectivity index (χ1v) is 9.05. The van der Waals surface area contributed by atoms with Gasteiger partial charge in [-0.15, -0.1) is 5.10 Å². The van der Waals surface area contributed by atoms with E-state index in [1.807, 2.05) is 37.3 Å². The van der Waals surface area contributed by atoms with Crippen LogP contribution >= 0.6 is 11.8 Å². The van der Waals surface area contributed by atoms with Crippen LogP contribution in [-0.2, 0) is 11.3 Å². The highest BCUT2D eigenvalue weighted by Crippen LogP contribution is 2.25. The molecule has 1 aromatic heterocycles. The van der Waals surface area contributed by atoms with Crippen LogP contribution in [0.4, 0.5) is 4.39 Å². The zero-order valence-electron chi connectivity index (χ0n) is 14.5. The first-order valence-electron chi connectivity index (χ1n) is 8.17. The van der Waals surface area contributed by atoms with Crippen LogP contribution in [0.2, 0.25) is 0 Å². The molecule has 0 saturated carbocycles. The number of aromatic nitrogens is 3. The second kappa shape index (κ2) is 8.14. The summed E-state index contributed by atoms with van der Waals surface area (Å²) >= 11 is 1.24. The maximum Gasteiger partial charge on any atom is 0.235 e. The fraction of sp³-hybridized carbons (Fsp3) is 0.211. The molecule has 1 N–H and O–H groups in total. The summed E-state index contributed by atoms with van der Waals surface area (Å²) in [6.07, 6.45) is 0. The predicted molar refractivity (Wildman–Crippen MR) is 100 cm³/mol. The van der Waals surface area contributed by atoms with Gasteiger partial charge in [-0.05, 0) is 24.6 Å². The first-order chi connectivity index (χ1) is 12.5. The highest BCUT2D eigenvalue weighted by atomic mass is 32.2. The Labute approximate surface area is 155 Å². The van der Waals surface area contributed by atoms with E-state index in [0.29, 0.717) is 23.1 Å². The summed E-state index contributed by atoms with van der Waals surface area (Å²) < 4.78 is 13.8. The Morgan fingerprint density at radius 3 is 2.62 bits per heavy atom. The highest BCUT2D eigenvalue weighted by Gasteiger charge is 2.21. The van der Waals surface area contributed by atoms with Crippen LogP contribution in [-0.4, -0.2) is 38.3 Å². The standard InChI is InChI=1S/C19H19FN4OS/c1-13(18(25)24(2)12-14-8-4-3-5-9-14)26-19-21-17(22-23-19)15-10-6-7-11-16(15)20/h3-11,13H,12H2,1-2H3,(H,21,22,23)/t13-/m1/s1. The van der Waals surface area contributed by atoms with E-state index in [-0.39, 0.29) is 17.0 Å². The summed E-state index contributed by atoms with van der Waals surface area (Å²) in [5.74, 6) is -0.0362. The zero-order chi connectivity index (χ0) is 18.5. The van der Waals surface area contributed by atoms with E-state index in [1.54, 1.807) is 30.1 Å². The Bertz CT molecular complexity index is 884. The van der Waals surface area contributed by atoms with Crippen molar-refractivity contribution < 1.29 is 9.18 Å². The van der Waals surface area contributed by atoms with E-state index >= 15 is 0 Å². The molecule has 0 fully saturated rings. The summed E-state index contributed by atoms with van der Waals surface area (Å²) in [6, 6.07) is 16.2. The fourth-order valence-corrected chi connectivity index (χ4v) is 3.37. The lowest BCUT2D eigenvalue weighted by Gasteiger charge is -2.20. The van der Waals surface area contributed by atoms with Crippen LogP contribution in [0.3, 0.4) is 0 Å². The van der Waals surface area contributed by atoms with Crippen molar-refractivity contribution >= 4 is 17.7 Å². The molecule has 0 unspecified atom stereocenters. The number of H-pyrrole nitrogens is 1. The van der Waals surface area contributed by atoms with Crippen LogP contribution in [0.5, 0.6) is 0 Å². The smallest absolute Gasteiger partial charge is 0.235 e. The fourth-order valence-electron chi connectivity index (χ4n) is 2.53. The Kier molecular flexibility index (Phi) is 5.68. The summed E-state index contributed by atoms with van der Waals surface area (Å²) in [6.45, 7) is 2.35. The van der Waals surface area contributed by atoms with Gasteiger partial charge in [-0.1, -0.05) is 54.2 Å². The zero-order valence-corrected chi connectivity index (χ0v) is 15.3. The van der Waals surface area contributed by atoms with Gasteiger partial charge in [-0.25, -0.2) is 9.37 Å². The van der Waals surface area contributed by atoms with Crippen LogP contribution in [0.15, 0.2) is 59.8 Å². The van der Waals surface area contributed by atoms with Gasteiger partial charge in [0.25, 0.3) is 0 Å². The van der Waals surface area contributed by atoms with Gasteiger partial charge in [-0.3, -0.25) is 9.89 Å². The molecule has 0 radical (unpaired) electrons. The first kappa shape index (κ1) is 18.1. The van der Waals surface area contributed by atoms with Gasteiger partial charge < -0.3 is 4.90 Å². The molecule has 1 atom stereocenters. The number of halogens is 1. The van der Waals surface area contributed by atoms with Crippen LogP contribution in [0.25, 0.3) is 11.4 Å². The summed E-state index contributed by atoms with van der Waals surface area (Å²) in [7, 11) is 1.77. The van der Waals surface area contributed by atoms with Crippen LogP contribution < -0.4 is 0 Å². The molecule has 5 nitrogen and oxygen atoms in total. The second-order valence-electron chi connectivity index (χ2n) is 5.89. The van der Waals surface area contributed by atoms with Crippen molar-refractivity contribution in [2.24, 2.45) is 0 Å². The lowest BCUT2D eigenvalue weighted by atomic mass is 10.2. The molecule has 0 saturated heterocycles. The van der Waals surface area contributed by atoms with E-state index in [9.17, 15) is 9.18 Å². The van der Waals surface area contributed by atoms with Crippen molar-refractivity contribution in [3.05, 3.63) is 66.0 Å². The Balaban J connectivity index is 1.63. The number of carbonyl (C=O) groups excluding carboxylic acids is 1. The molecule has 26 heavy (non-hydrogen) atoms. The molecule has 2 aromatic carbocycles. The number of nitrogens with zero attached hydrogens (tertiary/aromatic N) is 3. The van der Waals surface area contributed by atoms with Crippen molar-refractivity contribution in [3.8, 4) is 11.4 Å². The molecule has 134 valence electrons. The number of benzene rings is 2. The summed E-state index contributed by atoms with van der Waals surface area (Å²) in [5.41, 5.74) is 1.42. The van der Waals surface area contributed by atoms with Crippen molar-refractivity contribution in [1.29, 1.82) is 0 Å². The Morgan fingerprint density at radius 1 is 1.19 bits per heavy atom. The van der Waals surface area contributed by atoms with Gasteiger partial charge in [0.15, 0.2) is 5.82 Å². The van der Waals surface area contributed by atoms with Crippen molar-refractivity contribution in [2.45, 2.75) is 23.9 Å². The maximum absolute atomic E-state index is 13.8. The SMILES string of the molecule is C[C@@H](Sc1n[nH]c(-c2ccccc2F)n1)C(=O)N(C)Cc1ccccc1. The van der Waals surface area contributed by atoms with E-state index in [0.717, 1.165) is 5.56 Å². The molecule has 3 aromatic rings. The van der Waals surface area contributed by atoms with Crippen LogP contribution in [0.1, 0.15) is 12.5 Å². The quantitative estimate of drug-likeness (QED) is 0.671. The predicted octanol–water partition coefficient (Wildman–Crippen LogP) is 3.75. The molecular formula is C19H19FN4OS. The minimum Gasteiger partial charge on any atom is -0.340 e. The minimum absolute atomic E-state index is 0.0175. The molecular weight excluding hydrogens is 351 g/mol. The van der Waals surface area contributed by atoms with E-state index in [2.05, 4.69) is 15.2 Å². The summed E-state index contributed by atoms with van der Waals surface area (Å²) in [5, 5.41) is 6.88. The van der Waals surface area contributed by atoms with Crippen molar-refractivity contribution in [3.63, 3.8) is 0 Å². The van der Waals surface area contributed by atoms with Crippen molar-refractivity contribution in [2.75, 3.05) is 7.05 Å². The van der Waals surface area contributed by atoms with Gasteiger partial charge in [0.2, 0.25) is 11.1 Å². The molecule has 0 spiro atoms. The largest absolute Gasteiger partial charge is 0.340 e. The summed E-state index contributed by atoms with van der Waals surface area (Å²) in [4.78, 5) is 18.5. The highest BCUT2D eigenvalue weighted by molar-refractivity contribution is 8.00. The molecule has 3 rings (SSSR count). The lowest BCUT2D eigenvalue weighted by Crippen LogP contribution is -2.32. The van der Waals surface area contributed by atoms with Gasteiger partial charge >= 0.3 is 0 Å². The third-order valence-electron chi connectivity index (χ3n) is 3.86. The molecule has 0 aliphatic heterocycles. The van der Waals surface area contributed by atoms with Crippen LogP contribution in [0, 0.1) is 5.82 Å². The topological polar surface area (TPSA) is 61.9 Å². The van der Waals surface area contributed by atoms with E-state index < -0.39 is 0 Å². The number of rotatable bonds is 6. The van der Waals surface area contributed by atoms with E-state index in [4.69, 9.17) is 0 Å². The van der Waals surface area contributed by atoms with Gasteiger partial charge in [-0.2, -0.15) is 0 Å². The Morgan fingerprint density at radius 2 is 1.88 bits per heavy atom. The van der Waals surface area contributed by atoms with E-state index in [1.165, 1.54) is 17.8 Å². The molecule has 1 amide bonds. The number of hydrogen-bond donors (Lipinski definition) is 1. The number of carbonyl (C=O) groups is 1. The average molecular weight is 370 g/mol. The van der Waals surface area contributed by atoms with Gasteiger partial charge in [0.05, 0.1) is 10.8 Å². The number of aromatic amines is 1. The normalized spacial score (nSPS) is 12.0. The third kappa shape index (κ3) is 4.29. The van der Waals surface area contributed by atoms with Gasteiger partial charge in [0, 0.05) is 13.6 Å². The number of thioether (sulfide) groups is 1. The molecule has 7 heteroatoms. The molecule has 0 bridgehead atoms. The third-order valence-corrected chi connectivity index (χ3v) is 4.81. The monoisotopic (exact) mass is 370 g/mol. The van der Waals surface area contributed by atoms with Gasteiger partial charge in [0.1, 0.15) is 5.82 Å². The lowest BCUT2D eigenvalue weighted by molar-refractivity contribution is -0.129.